The highest BCUT2D eigenvalue weighted by atomic mass is 16.3. The fraction of sp³-hybridized carbons (Fsp3) is 0.333. The van der Waals surface area contributed by atoms with Crippen LogP contribution in [0.1, 0.15) is 62.4 Å². The summed E-state index contributed by atoms with van der Waals surface area (Å²) in [6.07, 6.45) is 6.18. The van der Waals surface area contributed by atoms with Gasteiger partial charge in [-0.25, -0.2) is 0 Å². The smallest absolute Gasteiger partial charge is 0.243 e. The van der Waals surface area contributed by atoms with Crippen LogP contribution in [0.2, 0.25) is 0 Å². The number of carbonyl (C=O) groups is 2. The number of imide groups is 1. The lowest BCUT2D eigenvalue weighted by molar-refractivity contribution is -0.131. The topological polar surface area (TPSA) is 123 Å². The first-order chi connectivity index (χ1) is 19.6. The van der Waals surface area contributed by atoms with Crippen molar-refractivity contribution in [3.05, 3.63) is 102 Å². The van der Waals surface area contributed by atoms with E-state index in [1.807, 2.05) is 16.8 Å². The summed E-state index contributed by atoms with van der Waals surface area (Å²) >= 11 is 0. The van der Waals surface area contributed by atoms with E-state index in [-0.39, 0.29) is 29.9 Å². The number of aryl methyl sites for hydroxylation is 1. The van der Waals surface area contributed by atoms with Crippen molar-refractivity contribution in [2.75, 3.05) is 0 Å². The van der Waals surface area contributed by atoms with Crippen LogP contribution in [0.25, 0.3) is 11.3 Å². The van der Waals surface area contributed by atoms with E-state index in [0.717, 1.165) is 35.4 Å². The van der Waals surface area contributed by atoms with Crippen LogP contribution < -0.4 is 11.1 Å². The maximum absolute atomic E-state index is 12.4. The lowest BCUT2D eigenvalue weighted by Crippen LogP contribution is -2.44. The number of aromatic hydroxyl groups is 1. The molecule has 0 saturated carbocycles. The van der Waals surface area contributed by atoms with Crippen molar-refractivity contribution < 1.29 is 14.7 Å². The Labute approximate surface area is 241 Å². The third kappa shape index (κ3) is 8.59. The number of phenolic OH excluding ortho intramolecular Hbond substituents is 1. The lowest BCUT2D eigenvalue weighted by Gasteiger charge is -2.19. The Balaban J connectivity index is 1.33. The van der Waals surface area contributed by atoms with Crippen molar-refractivity contribution in [1.29, 1.82) is 0 Å². The average Bonchev–Trinajstić information content (AvgIpc) is 3.35. The lowest BCUT2D eigenvalue weighted by atomic mass is 9.87. The molecule has 4 rings (SSSR count). The van der Waals surface area contributed by atoms with Gasteiger partial charge in [0.25, 0.3) is 0 Å². The quantitative estimate of drug-likeness (QED) is 0.227. The van der Waals surface area contributed by atoms with E-state index in [2.05, 4.69) is 61.4 Å². The molecule has 41 heavy (non-hydrogen) atoms. The van der Waals surface area contributed by atoms with Crippen molar-refractivity contribution in [2.24, 2.45) is 5.73 Å². The molecule has 0 aliphatic carbocycles. The molecule has 2 aromatic carbocycles. The predicted octanol–water partition coefficient (Wildman–Crippen LogP) is 4.92. The Kier molecular flexibility index (Phi) is 9.68. The summed E-state index contributed by atoms with van der Waals surface area (Å²) in [5.74, 6) is -0.685. The summed E-state index contributed by atoms with van der Waals surface area (Å²) < 4.78 is 2.04. The summed E-state index contributed by atoms with van der Waals surface area (Å²) in [5.41, 5.74) is 12.3. The van der Waals surface area contributed by atoms with Crippen molar-refractivity contribution in [2.45, 2.75) is 70.9 Å². The molecule has 0 aliphatic heterocycles. The maximum Gasteiger partial charge on any atom is 0.243 e. The van der Waals surface area contributed by atoms with E-state index in [1.165, 1.54) is 11.1 Å². The minimum atomic E-state index is -0.845. The molecule has 0 radical (unpaired) electrons. The van der Waals surface area contributed by atoms with Gasteiger partial charge >= 0.3 is 0 Å². The van der Waals surface area contributed by atoms with Gasteiger partial charge in [-0.2, -0.15) is 5.10 Å². The largest absolute Gasteiger partial charge is 0.508 e. The number of amides is 2. The standard InChI is InChI=1S/C33H39N5O3/c1-33(2,3)26-12-8-24(9-13-26)22-38-27(21-30(37-38)25-16-18-35-19-17-25)6-4-5-7-31(40)36-32(41)29(34)20-23-10-14-28(39)15-11-23/h8-19,21,29,39H,4-7,20,22,34H2,1-3H3,(H,36,40,41)/t29-/m0/s1. The van der Waals surface area contributed by atoms with Gasteiger partial charge in [-0.05, 0) is 78.1 Å². The first-order valence-corrected chi connectivity index (χ1v) is 14.0. The van der Waals surface area contributed by atoms with Gasteiger partial charge in [0.2, 0.25) is 11.8 Å². The van der Waals surface area contributed by atoms with Crippen LogP contribution in [0.5, 0.6) is 5.75 Å². The highest BCUT2D eigenvalue weighted by Crippen LogP contribution is 2.24. The number of hydrogen-bond donors (Lipinski definition) is 3. The van der Waals surface area contributed by atoms with Crippen molar-refractivity contribution in [1.82, 2.24) is 20.1 Å². The molecule has 2 aromatic heterocycles. The molecule has 0 unspecified atom stereocenters. The van der Waals surface area contributed by atoms with Gasteiger partial charge in [0.1, 0.15) is 5.75 Å². The second kappa shape index (κ2) is 13.4. The van der Waals surface area contributed by atoms with Gasteiger partial charge in [-0.15, -0.1) is 0 Å². The third-order valence-corrected chi connectivity index (χ3v) is 7.07. The molecule has 2 amide bonds. The Morgan fingerprint density at radius 3 is 2.27 bits per heavy atom. The van der Waals surface area contributed by atoms with E-state index in [1.54, 1.807) is 36.7 Å². The fourth-order valence-electron chi connectivity index (χ4n) is 4.60. The third-order valence-electron chi connectivity index (χ3n) is 7.07. The van der Waals surface area contributed by atoms with E-state index >= 15 is 0 Å². The molecule has 0 bridgehead atoms. The number of phenols is 1. The number of nitrogens with two attached hydrogens (primary N) is 1. The number of hydrogen-bond acceptors (Lipinski definition) is 6. The average molecular weight is 554 g/mol. The molecule has 0 spiro atoms. The van der Waals surface area contributed by atoms with E-state index in [0.29, 0.717) is 13.0 Å². The van der Waals surface area contributed by atoms with Crippen molar-refractivity contribution >= 4 is 11.8 Å². The maximum atomic E-state index is 12.4. The SMILES string of the molecule is CC(C)(C)c1ccc(Cn2nc(-c3ccncc3)cc2CCCCC(=O)NC(=O)[C@@H](N)Cc2ccc(O)cc2)cc1. The summed E-state index contributed by atoms with van der Waals surface area (Å²) in [5, 5.41) is 16.7. The van der Waals surface area contributed by atoms with Gasteiger partial charge in [0.05, 0.1) is 18.3 Å². The number of nitrogens with zero attached hydrogens (tertiary/aromatic N) is 3. The second-order valence-corrected chi connectivity index (χ2v) is 11.5. The fourth-order valence-corrected chi connectivity index (χ4v) is 4.60. The minimum absolute atomic E-state index is 0.0959. The van der Waals surface area contributed by atoms with Crippen LogP contribution in [-0.2, 0) is 34.4 Å². The molecule has 214 valence electrons. The molecule has 1 atom stereocenters. The van der Waals surface area contributed by atoms with Crippen LogP contribution in [0.15, 0.2) is 79.1 Å². The number of aromatic nitrogens is 3. The van der Waals surface area contributed by atoms with E-state index in [9.17, 15) is 14.7 Å². The van der Waals surface area contributed by atoms with Gasteiger partial charge in [-0.3, -0.25) is 24.6 Å². The molecule has 2 heterocycles. The van der Waals surface area contributed by atoms with Gasteiger partial charge in [0, 0.05) is 30.1 Å². The van der Waals surface area contributed by atoms with Crippen LogP contribution in [-0.4, -0.2) is 37.7 Å². The minimum Gasteiger partial charge on any atom is -0.508 e. The monoisotopic (exact) mass is 553 g/mol. The van der Waals surface area contributed by atoms with Crippen molar-refractivity contribution in [3.8, 4) is 17.0 Å². The van der Waals surface area contributed by atoms with Gasteiger partial charge in [0.15, 0.2) is 0 Å². The summed E-state index contributed by atoms with van der Waals surface area (Å²) in [4.78, 5) is 28.9. The first-order valence-electron chi connectivity index (χ1n) is 14.0. The molecule has 8 nitrogen and oxygen atoms in total. The zero-order chi connectivity index (χ0) is 29.4. The number of pyridine rings is 1. The van der Waals surface area contributed by atoms with Crippen LogP contribution in [0, 0.1) is 0 Å². The highest BCUT2D eigenvalue weighted by molar-refractivity contribution is 5.97. The summed E-state index contributed by atoms with van der Waals surface area (Å²) in [6, 6.07) is 20.3. The van der Waals surface area contributed by atoms with Crippen LogP contribution in [0.4, 0.5) is 0 Å². The zero-order valence-corrected chi connectivity index (χ0v) is 24.0. The number of nitrogens with one attached hydrogen (secondary N) is 1. The first kappa shape index (κ1) is 29.7. The molecule has 4 N–H and O–H groups in total. The molecule has 0 fully saturated rings. The summed E-state index contributed by atoms with van der Waals surface area (Å²) in [6.45, 7) is 7.27. The van der Waals surface area contributed by atoms with Crippen LogP contribution >= 0.6 is 0 Å². The second-order valence-electron chi connectivity index (χ2n) is 11.5. The summed E-state index contributed by atoms with van der Waals surface area (Å²) in [7, 11) is 0. The molecular weight excluding hydrogens is 514 g/mol. The van der Waals surface area contributed by atoms with Crippen LogP contribution in [0.3, 0.4) is 0 Å². The zero-order valence-electron chi connectivity index (χ0n) is 24.0. The van der Waals surface area contributed by atoms with Crippen molar-refractivity contribution in [3.63, 3.8) is 0 Å². The molecule has 0 aliphatic rings. The van der Waals surface area contributed by atoms with Gasteiger partial charge < -0.3 is 10.8 Å². The Morgan fingerprint density at radius 2 is 1.61 bits per heavy atom. The normalized spacial score (nSPS) is 12.2. The van der Waals surface area contributed by atoms with Gasteiger partial charge in [-0.1, -0.05) is 57.2 Å². The Bertz CT molecular complexity index is 1440. The molecule has 8 heteroatoms. The number of carbonyl (C=O) groups excluding carboxylic acids is 2. The number of benzene rings is 2. The van der Waals surface area contributed by atoms with E-state index < -0.39 is 11.9 Å². The molecule has 0 saturated heterocycles. The Morgan fingerprint density at radius 1 is 0.951 bits per heavy atom. The Hall–Kier alpha value is -4.30. The number of rotatable bonds is 11. The highest BCUT2D eigenvalue weighted by Gasteiger charge is 2.18. The number of unbranched alkanes of at least 4 members (excludes halogenated alkanes) is 1. The molecule has 4 aromatic rings. The van der Waals surface area contributed by atoms with E-state index in [4.69, 9.17) is 10.8 Å². The predicted molar refractivity (Wildman–Crippen MR) is 160 cm³/mol. The molecular formula is C33H39N5O3.